The molecule has 4 atom stereocenters. The number of aliphatic hydroxyl groups is 1. The molecule has 4 aliphatic rings. The highest BCUT2D eigenvalue weighted by Crippen LogP contribution is 2.62. The lowest BCUT2D eigenvalue weighted by Gasteiger charge is -2.66. The Balaban J connectivity index is 1.72. The normalized spacial score (nSPS) is 38.2. The molecule has 4 unspecified atom stereocenters. The van der Waals surface area contributed by atoms with Gasteiger partial charge in [0.15, 0.2) is 0 Å². The Bertz CT molecular complexity index is 935. The summed E-state index contributed by atoms with van der Waals surface area (Å²) in [5, 5.41) is 22.5. The van der Waals surface area contributed by atoms with Gasteiger partial charge in [0, 0.05) is 24.5 Å². The fraction of sp³-hybridized carbons (Fsp3) is 0.652. The van der Waals surface area contributed by atoms with Gasteiger partial charge in [-0.1, -0.05) is 6.07 Å². The van der Waals surface area contributed by atoms with Gasteiger partial charge >= 0.3 is 6.03 Å². The van der Waals surface area contributed by atoms with E-state index in [0.717, 1.165) is 24.1 Å². The molecule has 2 bridgehead atoms. The first-order chi connectivity index (χ1) is 14.2. The molecular formula is C23H31N3O4. The van der Waals surface area contributed by atoms with E-state index in [1.54, 1.807) is 17.0 Å². The summed E-state index contributed by atoms with van der Waals surface area (Å²) in [4.78, 5) is 32.0. The number of likely N-dealkylation sites (N-methyl/N-ethyl adjacent to an activating group) is 3. The summed E-state index contributed by atoms with van der Waals surface area (Å²) in [5.41, 5.74) is -0.497. The molecule has 7 heteroatoms. The molecule has 30 heavy (non-hydrogen) atoms. The maximum atomic E-state index is 13.6. The summed E-state index contributed by atoms with van der Waals surface area (Å²) in [6, 6.07) is 5.19. The van der Waals surface area contributed by atoms with Crippen LogP contribution in [0.25, 0.3) is 0 Å². The number of carbonyl (C=O) groups excluding carboxylic acids is 2. The number of hydrogen-bond acceptors (Lipinski definition) is 5. The molecule has 2 aliphatic heterocycles. The molecule has 1 aromatic rings. The Labute approximate surface area is 177 Å². The van der Waals surface area contributed by atoms with Crippen molar-refractivity contribution in [3.05, 3.63) is 29.3 Å². The van der Waals surface area contributed by atoms with Crippen LogP contribution in [0.2, 0.25) is 0 Å². The van der Waals surface area contributed by atoms with Crippen LogP contribution in [-0.4, -0.2) is 80.7 Å². The van der Waals surface area contributed by atoms with Gasteiger partial charge in [-0.15, -0.1) is 0 Å². The molecule has 3 fully saturated rings. The average Bonchev–Trinajstić information content (AvgIpc) is 2.91. The van der Waals surface area contributed by atoms with Crippen LogP contribution in [0.3, 0.4) is 0 Å². The van der Waals surface area contributed by atoms with Crippen LogP contribution in [0, 0.1) is 0 Å². The largest absolute Gasteiger partial charge is 0.508 e. The van der Waals surface area contributed by atoms with Crippen molar-refractivity contribution < 1.29 is 19.8 Å². The van der Waals surface area contributed by atoms with Crippen molar-refractivity contribution in [3.63, 3.8) is 0 Å². The molecule has 2 aliphatic carbocycles. The average molecular weight is 414 g/mol. The summed E-state index contributed by atoms with van der Waals surface area (Å²) in [6.45, 7) is 5.38. The molecule has 1 saturated carbocycles. The monoisotopic (exact) mass is 413 g/mol. The first kappa shape index (κ1) is 19.8. The number of phenols is 1. The highest BCUT2D eigenvalue weighted by molar-refractivity contribution is 6.07. The number of likely N-dealkylation sites (tertiary alicyclic amines) is 1. The van der Waals surface area contributed by atoms with Gasteiger partial charge in [0.1, 0.15) is 11.3 Å². The Kier molecular flexibility index (Phi) is 4.10. The molecule has 3 amide bonds. The van der Waals surface area contributed by atoms with Crippen LogP contribution in [0.15, 0.2) is 18.2 Å². The van der Waals surface area contributed by atoms with E-state index in [0.29, 0.717) is 38.8 Å². The van der Waals surface area contributed by atoms with E-state index in [-0.39, 0.29) is 23.7 Å². The van der Waals surface area contributed by atoms with Gasteiger partial charge in [-0.25, -0.2) is 4.79 Å². The van der Waals surface area contributed by atoms with Crippen LogP contribution < -0.4 is 0 Å². The first-order valence-corrected chi connectivity index (χ1v) is 11.1. The summed E-state index contributed by atoms with van der Waals surface area (Å²) in [5.74, 6) is 0.0508. The lowest BCUT2D eigenvalue weighted by atomic mass is 9.46. The zero-order chi connectivity index (χ0) is 21.5. The van der Waals surface area contributed by atoms with Crippen LogP contribution in [-0.2, 0) is 16.6 Å². The molecule has 1 spiro atoms. The molecule has 2 heterocycles. The number of piperidine rings is 1. The number of hydrogen-bond donors (Lipinski definition) is 2. The predicted octanol–water partition coefficient (Wildman–Crippen LogP) is 1.85. The summed E-state index contributed by atoms with van der Waals surface area (Å²) >= 11 is 0. The maximum absolute atomic E-state index is 13.6. The number of nitrogens with zero attached hydrogens (tertiary/aromatic N) is 3. The van der Waals surface area contributed by atoms with Gasteiger partial charge in [0.25, 0.3) is 5.91 Å². The minimum Gasteiger partial charge on any atom is -0.508 e. The number of imide groups is 1. The van der Waals surface area contributed by atoms with E-state index in [9.17, 15) is 19.8 Å². The highest BCUT2D eigenvalue weighted by Gasteiger charge is 2.71. The Morgan fingerprint density at radius 1 is 1.13 bits per heavy atom. The Hall–Kier alpha value is -2.12. The number of urea groups is 1. The number of aromatic hydroxyl groups is 1. The smallest absolute Gasteiger partial charge is 0.327 e. The minimum absolute atomic E-state index is 0.0368. The lowest BCUT2D eigenvalue weighted by molar-refractivity contribution is -0.184. The molecule has 2 saturated heterocycles. The molecule has 1 aromatic carbocycles. The summed E-state index contributed by atoms with van der Waals surface area (Å²) in [6.07, 6.45) is 2.76. The van der Waals surface area contributed by atoms with Crippen molar-refractivity contribution >= 4 is 11.9 Å². The van der Waals surface area contributed by atoms with Crippen molar-refractivity contribution in [2.24, 2.45) is 0 Å². The van der Waals surface area contributed by atoms with Crippen molar-refractivity contribution in [3.8, 4) is 5.75 Å². The second-order valence-electron chi connectivity index (χ2n) is 9.58. The van der Waals surface area contributed by atoms with Gasteiger partial charge < -0.3 is 20.0 Å². The number of carbonyl (C=O) groups is 2. The van der Waals surface area contributed by atoms with E-state index < -0.39 is 16.6 Å². The molecule has 162 valence electrons. The highest BCUT2D eigenvalue weighted by atomic mass is 16.3. The minimum atomic E-state index is -0.992. The van der Waals surface area contributed by atoms with E-state index in [1.807, 2.05) is 19.9 Å². The van der Waals surface area contributed by atoms with E-state index in [2.05, 4.69) is 11.9 Å². The van der Waals surface area contributed by atoms with Gasteiger partial charge in [-0.05, 0) is 82.8 Å². The first-order valence-electron chi connectivity index (χ1n) is 11.1. The Morgan fingerprint density at radius 2 is 1.90 bits per heavy atom. The van der Waals surface area contributed by atoms with Crippen molar-refractivity contribution in [2.75, 3.05) is 26.7 Å². The topological polar surface area (TPSA) is 84.3 Å². The van der Waals surface area contributed by atoms with Crippen molar-refractivity contribution in [1.29, 1.82) is 0 Å². The zero-order valence-corrected chi connectivity index (χ0v) is 18.0. The third-order valence-electron chi connectivity index (χ3n) is 8.59. The fourth-order valence-electron chi connectivity index (χ4n) is 7.15. The molecule has 0 aromatic heterocycles. The molecule has 5 rings (SSSR count). The SMILES string of the molecule is CCN1C(=O)N(CC)C2(CCC3(O)C4Cc5ccc(O)cc5C3(CCN4C)C2)C1=O. The van der Waals surface area contributed by atoms with Crippen molar-refractivity contribution in [2.45, 2.75) is 68.5 Å². The number of fused-ring (bicyclic) bond motifs is 1. The van der Waals surface area contributed by atoms with E-state index in [4.69, 9.17) is 0 Å². The maximum Gasteiger partial charge on any atom is 0.327 e. The van der Waals surface area contributed by atoms with E-state index in [1.165, 1.54) is 4.90 Å². The third kappa shape index (κ3) is 2.12. The third-order valence-corrected chi connectivity index (χ3v) is 8.59. The van der Waals surface area contributed by atoms with Crippen molar-refractivity contribution in [1.82, 2.24) is 14.7 Å². The molecule has 7 nitrogen and oxygen atoms in total. The van der Waals surface area contributed by atoms with Gasteiger partial charge in [-0.2, -0.15) is 0 Å². The van der Waals surface area contributed by atoms with Crippen LogP contribution in [0.5, 0.6) is 5.75 Å². The quantitative estimate of drug-likeness (QED) is 0.723. The zero-order valence-electron chi connectivity index (χ0n) is 18.0. The second kappa shape index (κ2) is 6.20. The lowest BCUT2D eigenvalue weighted by Crippen LogP contribution is -2.76. The second-order valence-corrected chi connectivity index (χ2v) is 9.58. The number of amides is 3. The van der Waals surface area contributed by atoms with Crippen LogP contribution >= 0.6 is 0 Å². The van der Waals surface area contributed by atoms with Crippen LogP contribution in [0.4, 0.5) is 4.79 Å². The van der Waals surface area contributed by atoms with Gasteiger partial charge in [-0.3, -0.25) is 9.69 Å². The van der Waals surface area contributed by atoms with E-state index >= 15 is 0 Å². The number of rotatable bonds is 2. The summed E-state index contributed by atoms with van der Waals surface area (Å²) < 4.78 is 0. The molecular weight excluding hydrogens is 382 g/mol. The summed E-state index contributed by atoms with van der Waals surface area (Å²) in [7, 11) is 2.06. The fourth-order valence-corrected chi connectivity index (χ4v) is 7.15. The van der Waals surface area contributed by atoms with Crippen LogP contribution in [0.1, 0.15) is 50.7 Å². The number of phenolic OH excluding ortho intramolecular Hbond substituents is 1. The van der Waals surface area contributed by atoms with Gasteiger partial charge in [0.2, 0.25) is 0 Å². The standard InChI is InChI=1S/C23H31N3O4/c1-4-25-19(28)22(26(5-2)20(25)29)8-9-23(30)18-12-15-6-7-16(27)13-17(15)21(23,14-22)10-11-24(18)3/h6-7,13,18,27,30H,4-5,8-12,14H2,1-3H3. The number of benzene rings is 1. The Morgan fingerprint density at radius 3 is 2.60 bits per heavy atom. The molecule has 0 radical (unpaired) electrons. The predicted molar refractivity (Wildman–Crippen MR) is 111 cm³/mol. The molecule has 2 N–H and O–H groups in total. The van der Waals surface area contributed by atoms with Gasteiger partial charge in [0.05, 0.1) is 5.60 Å².